The maximum Gasteiger partial charge on any atom is 0.416 e. The Hall–Kier alpha value is -0.890. The Bertz CT molecular complexity index is 586. The van der Waals surface area contributed by atoms with Crippen LogP contribution in [0.4, 0.5) is 17.6 Å². The average molecular weight is 369 g/mol. The predicted octanol–water partition coefficient (Wildman–Crippen LogP) is 3.46. The van der Waals surface area contributed by atoms with Crippen LogP contribution in [-0.4, -0.2) is 42.8 Å². The number of nitrogens with one attached hydrogen (secondary N) is 1. The topological polar surface area (TPSA) is 35.5 Å². The fourth-order valence-electron chi connectivity index (χ4n) is 3.18. The molecule has 2 rings (SSSR count). The molecule has 1 aliphatic rings. The van der Waals surface area contributed by atoms with E-state index in [4.69, 9.17) is 11.6 Å². The highest BCUT2D eigenvalue weighted by atomic mass is 35.5. The maximum atomic E-state index is 14.7. The molecule has 1 atom stereocenters. The van der Waals surface area contributed by atoms with Crippen LogP contribution in [0.25, 0.3) is 0 Å². The van der Waals surface area contributed by atoms with Gasteiger partial charge in [0.1, 0.15) is 5.82 Å². The van der Waals surface area contributed by atoms with Crippen molar-refractivity contribution in [1.29, 1.82) is 0 Å². The summed E-state index contributed by atoms with van der Waals surface area (Å²) >= 11 is 5.78. The van der Waals surface area contributed by atoms with Crippen molar-refractivity contribution in [1.82, 2.24) is 10.2 Å². The summed E-state index contributed by atoms with van der Waals surface area (Å²) in [6.45, 7) is 4.95. The summed E-state index contributed by atoms with van der Waals surface area (Å²) in [5.74, 6) is -1.07. The van der Waals surface area contributed by atoms with Crippen LogP contribution in [0.3, 0.4) is 0 Å². The molecule has 0 saturated carbocycles. The third kappa shape index (κ3) is 3.85. The van der Waals surface area contributed by atoms with Gasteiger partial charge in [0.25, 0.3) is 0 Å². The Kier molecular flexibility index (Phi) is 5.79. The molecule has 8 heteroatoms. The van der Waals surface area contributed by atoms with E-state index in [1.165, 1.54) is 0 Å². The minimum atomic E-state index is -4.71. The van der Waals surface area contributed by atoms with E-state index in [0.717, 1.165) is 12.1 Å². The summed E-state index contributed by atoms with van der Waals surface area (Å²) in [6, 6.07) is 0.785. The minimum Gasteiger partial charge on any atom is -0.396 e. The van der Waals surface area contributed by atoms with Gasteiger partial charge in [-0.05, 0) is 12.1 Å². The van der Waals surface area contributed by atoms with E-state index in [1.807, 2.05) is 0 Å². The van der Waals surface area contributed by atoms with Gasteiger partial charge >= 0.3 is 6.18 Å². The van der Waals surface area contributed by atoms with Crippen LogP contribution < -0.4 is 5.32 Å². The molecule has 136 valence electrons. The largest absolute Gasteiger partial charge is 0.416 e. The first-order valence-corrected chi connectivity index (χ1v) is 8.08. The first-order chi connectivity index (χ1) is 11.1. The Morgan fingerprint density at radius 1 is 1.25 bits per heavy atom. The molecule has 24 heavy (non-hydrogen) atoms. The van der Waals surface area contributed by atoms with Crippen molar-refractivity contribution in [2.75, 3.05) is 32.8 Å². The molecule has 1 heterocycles. The summed E-state index contributed by atoms with van der Waals surface area (Å²) in [5, 5.41) is 12.5. The Balaban J connectivity index is 2.67. The van der Waals surface area contributed by atoms with E-state index in [9.17, 15) is 22.7 Å². The first kappa shape index (κ1) is 19.4. The lowest BCUT2D eigenvalue weighted by molar-refractivity contribution is -0.139. The summed E-state index contributed by atoms with van der Waals surface area (Å²) in [5.41, 5.74) is -2.52. The van der Waals surface area contributed by atoms with Gasteiger partial charge in [0.2, 0.25) is 0 Å². The van der Waals surface area contributed by atoms with E-state index in [-0.39, 0.29) is 11.6 Å². The number of hydrogen-bond acceptors (Lipinski definition) is 3. The molecule has 1 fully saturated rings. The van der Waals surface area contributed by atoms with Crippen molar-refractivity contribution in [3.05, 3.63) is 34.1 Å². The van der Waals surface area contributed by atoms with Gasteiger partial charge in [0.15, 0.2) is 0 Å². The Morgan fingerprint density at radius 2 is 1.83 bits per heavy atom. The van der Waals surface area contributed by atoms with Gasteiger partial charge in [0.05, 0.1) is 10.6 Å². The number of aliphatic hydroxyl groups is 1. The van der Waals surface area contributed by atoms with Crippen molar-refractivity contribution in [3.63, 3.8) is 0 Å². The van der Waals surface area contributed by atoms with Crippen LogP contribution in [0, 0.1) is 11.2 Å². The number of alkyl halides is 3. The van der Waals surface area contributed by atoms with Gasteiger partial charge in [-0.2, -0.15) is 13.2 Å². The van der Waals surface area contributed by atoms with Crippen LogP contribution in [0.2, 0.25) is 5.02 Å². The molecule has 1 aliphatic heterocycles. The molecule has 0 aliphatic carbocycles. The van der Waals surface area contributed by atoms with Crippen molar-refractivity contribution >= 4 is 11.6 Å². The molecule has 0 spiro atoms. The van der Waals surface area contributed by atoms with Gasteiger partial charge in [-0.1, -0.05) is 25.4 Å². The third-order valence-electron chi connectivity index (χ3n) is 4.38. The molecule has 0 bridgehead atoms. The second kappa shape index (κ2) is 7.15. The van der Waals surface area contributed by atoms with Crippen LogP contribution in [0.1, 0.15) is 31.0 Å². The smallest absolute Gasteiger partial charge is 0.396 e. The summed E-state index contributed by atoms with van der Waals surface area (Å²) < 4.78 is 55.1. The van der Waals surface area contributed by atoms with Crippen LogP contribution in [0.5, 0.6) is 0 Å². The van der Waals surface area contributed by atoms with Crippen molar-refractivity contribution in [2.24, 2.45) is 5.41 Å². The van der Waals surface area contributed by atoms with Crippen LogP contribution >= 0.6 is 11.6 Å². The predicted molar refractivity (Wildman–Crippen MR) is 84.5 cm³/mol. The lowest BCUT2D eigenvalue weighted by Crippen LogP contribution is -2.50. The lowest BCUT2D eigenvalue weighted by atomic mass is 9.78. The average Bonchev–Trinajstić information content (AvgIpc) is 2.51. The minimum absolute atomic E-state index is 0.355. The molecule has 1 aromatic carbocycles. The second-order valence-corrected chi connectivity index (χ2v) is 7.06. The zero-order valence-corrected chi connectivity index (χ0v) is 14.3. The van der Waals surface area contributed by atoms with Gasteiger partial charge < -0.3 is 10.4 Å². The molecule has 2 N–H and O–H groups in total. The zero-order valence-electron chi connectivity index (χ0n) is 13.6. The van der Waals surface area contributed by atoms with Crippen molar-refractivity contribution in [2.45, 2.75) is 26.1 Å². The summed E-state index contributed by atoms with van der Waals surface area (Å²) in [4.78, 5) is 1.77. The van der Waals surface area contributed by atoms with Gasteiger partial charge in [-0.3, -0.25) is 4.90 Å². The number of benzene rings is 1. The van der Waals surface area contributed by atoms with E-state index >= 15 is 0 Å². The lowest BCUT2D eigenvalue weighted by Gasteiger charge is -2.44. The maximum absolute atomic E-state index is 14.7. The molecule has 0 radical (unpaired) electrons. The highest BCUT2D eigenvalue weighted by molar-refractivity contribution is 6.30. The summed E-state index contributed by atoms with van der Waals surface area (Å²) in [7, 11) is 0. The highest BCUT2D eigenvalue weighted by Gasteiger charge is 2.44. The standard InChI is InChI=1S/C16H21ClF4N2O/c1-15(2,9-24)14(23-7-5-22-6-8-23)12-10(16(19,20)21)3-4-11(17)13(12)18/h3-4,14,22,24H,5-9H2,1-2H3/t14-/m0/s1. The number of halogens is 5. The normalized spacial score (nSPS) is 18.7. The number of rotatable bonds is 4. The van der Waals surface area contributed by atoms with E-state index < -0.39 is 34.6 Å². The molecule has 0 amide bonds. The zero-order chi connectivity index (χ0) is 18.1. The quantitative estimate of drug-likeness (QED) is 0.799. The molecule has 0 aromatic heterocycles. The Morgan fingerprint density at radius 3 is 2.33 bits per heavy atom. The summed E-state index contributed by atoms with van der Waals surface area (Å²) in [6.07, 6.45) is -4.71. The van der Waals surface area contributed by atoms with Crippen LogP contribution in [0.15, 0.2) is 12.1 Å². The van der Waals surface area contributed by atoms with Gasteiger partial charge in [-0.25, -0.2) is 4.39 Å². The molecular weight excluding hydrogens is 348 g/mol. The Labute approximate surface area is 143 Å². The molecular formula is C16H21ClF4N2O. The van der Waals surface area contributed by atoms with Gasteiger partial charge in [-0.15, -0.1) is 0 Å². The van der Waals surface area contributed by atoms with Crippen LogP contribution in [-0.2, 0) is 6.18 Å². The number of nitrogens with zero attached hydrogens (tertiary/aromatic N) is 1. The first-order valence-electron chi connectivity index (χ1n) is 7.70. The molecule has 0 unspecified atom stereocenters. The number of piperazine rings is 1. The monoisotopic (exact) mass is 368 g/mol. The number of hydrogen-bond donors (Lipinski definition) is 2. The molecule has 3 nitrogen and oxygen atoms in total. The van der Waals surface area contributed by atoms with E-state index in [0.29, 0.717) is 26.2 Å². The van der Waals surface area contributed by atoms with Crippen molar-refractivity contribution < 1.29 is 22.7 Å². The number of aliphatic hydroxyl groups excluding tert-OH is 1. The van der Waals surface area contributed by atoms with E-state index in [2.05, 4.69) is 5.32 Å². The SMILES string of the molecule is CC(C)(CO)[C@H](c1c(C(F)(F)F)ccc(Cl)c1F)N1CCNCC1. The fraction of sp³-hybridized carbons (Fsp3) is 0.625. The fourth-order valence-corrected chi connectivity index (χ4v) is 3.34. The highest BCUT2D eigenvalue weighted by Crippen LogP contribution is 2.46. The van der Waals surface area contributed by atoms with Gasteiger partial charge in [0, 0.05) is 49.8 Å². The second-order valence-electron chi connectivity index (χ2n) is 6.66. The molecule has 1 aromatic rings. The van der Waals surface area contributed by atoms with E-state index in [1.54, 1.807) is 18.7 Å². The third-order valence-corrected chi connectivity index (χ3v) is 4.67. The molecule has 1 saturated heterocycles. The van der Waals surface area contributed by atoms with Crippen molar-refractivity contribution in [3.8, 4) is 0 Å².